The van der Waals surface area contributed by atoms with Gasteiger partial charge in [0.2, 0.25) is 10.0 Å². The maximum absolute atomic E-state index is 13.0. The van der Waals surface area contributed by atoms with Gasteiger partial charge >= 0.3 is 0 Å². The third-order valence-electron chi connectivity index (χ3n) is 4.44. The average molecular weight is 477 g/mol. The van der Waals surface area contributed by atoms with E-state index in [0.717, 1.165) is 0 Å². The monoisotopic (exact) mass is 476 g/mol. The van der Waals surface area contributed by atoms with E-state index in [4.69, 9.17) is 25.8 Å². The largest absolute Gasteiger partial charge is 0.495 e. The van der Waals surface area contributed by atoms with E-state index < -0.39 is 20.0 Å². The first-order chi connectivity index (χ1) is 14.2. The topological polar surface area (TPSA) is 111 Å². The summed E-state index contributed by atoms with van der Waals surface area (Å²) in [4.78, 5) is -0.262. The highest BCUT2D eigenvalue weighted by Gasteiger charge is 2.28. The first-order valence-corrected chi connectivity index (χ1v) is 12.1. The summed E-state index contributed by atoms with van der Waals surface area (Å²) in [5, 5.41) is 0.201. The van der Waals surface area contributed by atoms with Gasteiger partial charge < -0.3 is 14.2 Å². The number of hydrogen-bond donors (Lipinski definition) is 1. The number of benzene rings is 2. The van der Waals surface area contributed by atoms with Crippen LogP contribution in [0.5, 0.6) is 11.5 Å². The molecule has 0 saturated carbocycles. The van der Waals surface area contributed by atoms with Crippen molar-refractivity contribution in [2.75, 3.05) is 45.2 Å². The fraction of sp³-hybridized carbons (Fsp3) is 0.333. The summed E-state index contributed by atoms with van der Waals surface area (Å²) in [6, 6.07) is 8.13. The molecule has 0 amide bonds. The van der Waals surface area contributed by atoms with Crippen molar-refractivity contribution in [2.45, 2.75) is 9.79 Å². The van der Waals surface area contributed by atoms with Crippen LogP contribution in [0.25, 0.3) is 0 Å². The lowest BCUT2D eigenvalue weighted by atomic mass is 10.3. The first kappa shape index (κ1) is 22.6. The Balaban J connectivity index is 2.01. The Hall–Kier alpha value is -2.05. The number of nitrogens with zero attached hydrogens (tertiary/aromatic N) is 1. The SMILES string of the molecule is COc1ccc(S(=O)(=O)N2CCOCC2)cc1NS(=O)(=O)c1cc(Cl)ccc1OC. The number of nitrogens with one attached hydrogen (secondary N) is 1. The molecule has 0 aromatic heterocycles. The second-order valence-corrected chi connectivity index (χ2v) is 10.3. The van der Waals surface area contributed by atoms with Crippen LogP contribution in [0.4, 0.5) is 5.69 Å². The molecular weight excluding hydrogens is 456 g/mol. The summed E-state index contributed by atoms with van der Waals surface area (Å²) in [5.41, 5.74) is -0.0335. The van der Waals surface area contributed by atoms with Crippen LogP contribution < -0.4 is 14.2 Å². The van der Waals surface area contributed by atoms with E-state index in [9.17, 15) is 16.8 Å². The third-order valence-corrected chi connectivity index (χ3v) is 7.95. The van der Waals surface area contributed by atoms with Gasteiger partial charge in [-0.3, -0.25) is 4.72 Å². The fourth-order valence-corrected chi connectivity index (χ4v) is 5.85. The summed E-state index contributed by atoms with van der Waals surface area (Å²) in [6.45, 7) is 1.02. The maximum atomic E-state index is 13.0. The molecule has 164 valence electrons. The van der Waals surface area contributed by atoms with Gasteiger partial charge in [0.15, 0.2) is 0 Å². The lowest BCUT2D eigenvalue weighted by Gasteiger charge is -2.26. The normalized spacial score (nSPS) is 15.6. The van der Waals surface area contributed by atoms with Gasteiger partial charge in [-0.05, 0) is 36.4 Å². The number of morpholine rings is 1. The van der Waals surface area contributed by atoms with Crippen molar-refractivity contribution >= 4 is 37.3 Å². The molecule has 1 N–H and O–H groups in total. The van der Waals surface area contributed by atoms with Crippen LogP contribution in [0.15, 0.2) is 46.2 Å². The molecule has 30 heavy (non-hydrogen) atoms. The van der Waals surface area contributed by atoms with E-state index in [1.165, 1.54) is 54.9 Å². The van der Waals surface area contributed by atoms with Crippen LogP contribution in [0.1, 0.15) is 0 Å². The molecular formula is C18H21ClN2O7S2. The van der Waals surface area contributed by atoms with E-state index in [1.807, 2.05) is 0 Å². The number of ether oxygens (including phenoxy) is 3. The first-order valence-electron chi connectivity index (χ1n) is 8.81. The van der Waals surface area contributed by atoms with Crippen molar-refractivity contribution in [3.8, 4) is 11.5 Å². The minimum Gasteiger partial charge on any atom is -0.495 e. The number of methoxy groups -OCH3 is 2. The maximum Gasteiger partial charge on any atom is 0.265 e. The van der Waals surface area contributed by atoms with Crippen LogP contribution in [-0.4, -0.2) is 61.7 Å². The van der Waals surface area contributed by atoms with E-state index in [0.29, 0.717) is 13.2 Å². The van der Waals surface area contributed by atoms with Crippen molar-refractivity contribution in [3.63, 3.8) is 0 Å². The van der Waals surface area contributed by atoms with Crippen LogP contribution >= 0.6 is 11.6 Å². The van der Waals surface area contributed by atoms with Gasteiger partial charge in [-0.1, -0.05) is 11.6 Å². The van der Waals surface area contributed by atoms with Crippen molar-refractivity contribution < 1.29 is 31.0 Å². The number of halogens is 1. The molecule has 0 bridgehead atoms. The van der Waals surface area contributed by atoms with Gasteiger partial charge in [-0.2, -0.15) is 4.31 Å². The van der Waals surface area contributed by atoms with E-state index >= 15 is 0 Å². The van der Waals surface area contributed by atoms with Gasteiger partial charge in [-0.25, -0.2) is 16.8 Å². The molecule has 2 aromatic rings. The Bertz CT molecular complexity index is 1130. The Kier molecular flexibility index (Phi) is 6.78. The molecule has 0 atom stereocenters. The molecule has 3 rings (SSSR count). The lowest BCUT2D eigenvalue weighted by molar-refractivity contribution is 0.0730. The number of rotatable bonds is 7. The van der Waals surface area contributed by atoms with Crippen molar-refractivity contribution in [1.82, 2.24) is 4.31 Å². The van der Waals surface area contributed by atoms with Gasteiger partial charge in [0.1, 0.15) is 16.4 Å². The average Bonchev–Trinajstić information content (AvgIpc) is 2.74. The highest BCUT2D eigenvalue weighted by molar-refractivity contribution is 7.93. The van der Waals surface area contributed by atoms with Crippen molar-refractivity contribution in [2.24, 2.45) is 0 Å². The zero-order valence-corrected chi connectivity index (χ0v) is 18.7. The second kappa shape index (κ2) is 8.98. The zero-order valence-electron chi connectivity index (χ0n) is 16.3. The number of sulfonamides is 2. The summed E-state index contributed by atoms with van der Waals surface area (Å²) in [6.07, 6.45) is 0. The van der Waals surface area contributed by atoms with Crippen LogP contribution in [0, 0.1) is 0 Å². The second-order valence-electron chi connectivity index (χ2n) is 6.28. The highest BCUT2D eigenvalue weighted by Crippen LogP contribution is 2.33. The standard InChI is InChI=1S/C18H21ClN2O7S2/c1-26-16-6-4-14(30(24,25)21-7-9-28-10-8-21)12-15(16)20-29(22,23)18-11-13(19)3-5-17(18)27-2/h3-6,11-12,20H,7-10H2,1-2H3. The molecule has 12 heteroatoms. The molecule has 1 aliphatic rings. The molecule has 9 nitrogen and oxygen atoms in total. The molecule has 0 spiro atoms. The Morgan fingerprint density at radius 1 is 0.967 bits per heavy atom. The van der Waals surface area contributed by atoms with Crippen LogP contribution in [0.2, 0.25) is 5.02 Å². The minimum atomic E-state index is -4.17. The molecule has 1 saturated heterocycles. The van der Waals surface area contributed by atoms with E-state index in [2.05, 4.69) is 4.72 Å². The molecule has 2 aromatic carbocycles. The predicted octanol–water partition coefficient (Wildman–Crippen LogP) is 2.18. The summed E-state index contributed by atoms with van der Waals surface area (Å²) in [7, 11) is -5.32. The summed E-state index contributed by atoms with van der Waals surface area (Å²) < 4.78 is 71.0. The highest BCUT2D eigenvalue weighted by atomic mass is 35.5. The molecule has 1 heterocycles. The fourth-order valence-electron chi connectivity index (χ4n) is 2.92. The van der Waals surface area contributed by atoms with Gasteiger partial charge in [0, 0.05) is 18.1 Å². The summed E-state index contributed by atoms with van der Waals surface area (Å²) >= 11 is 5.94. The van der Waals surface area contributed by atoms with Gasteiger partial charge in [0.25, 0.3) is 10.0 Å². The Morgan fingerprint density at radius 3 is 2.23 bits per heavy atom. The van der Waals surface area contributed by atoms with Crippen LogP contribution in [0.3, 0.4) is 0 Å². The number of anilines is 1. The predicted molar refractivity (Wildman–Crippen MR) is 111 cm³/mol. The van der Waals surface area contributed by atoms with Crippen molar-refractivity contribution in [3.05, 3.63) is 41.4 Å². The molecule has 0 radical (unpaired) electrons. The molecule has 1 aliphatic heterocycles. The Morgan fingerprint density at radius 2 is 1.60 bits per heavy atom. The van der Waals surface area contributed by atoms with Crippen LogP contribution in [-0.2, 0) is 24.8 Å². The van der Waals surface area contributed by atoms with Gasteiger partial charge in [-0.15, -0.1) is 0 Å². The third kappa shape index (κ3) is 4.65. The summed E-state index contributed by atoms with van der Waals surface area (Å²) in [5.74, 6) is 0.239. The van der Waals surface area contributed by atoms with Crippen molar-refractivity contribution in [1.29, 1.82) is 0 Å². The molecule has 1 fully saturated rings. The minimum absolute atomic E-state index is 0.0335. The lowest BCUT2D eigenvalue weighted by Crippen LogP contribution is -2.40. The Labute approximate surface area is 180 Å². The zero-order chi connectivity index (χ0) is 21.9. The molecule has 0 aliphatic carbocycles. The molecule has 0 unspecified atom stereocenters. The smallest absolute Gasteiger partial charge is 0.265 e. The quantitative estimate of drug-likeness (QED) is 0.651. The van der Waals surface area contributed by atoms with Gasteiger partial charge in [0.05, 0.1) is 38.0 Å². The van der Waals surface area contributed by atoms with E-state index in [1.54, 1.807) is 0 Å². The number of hydrogen-bond acceptors (Lipinski definition) is 7. The van der Waals surface area contributed by atoms with E-state index in [-0.39, 0.29) is 45.1 Å².